The summed E-state index contributed by atoms with van der Waals surface area (Å²) < 4.78 is 25.3. The van der Waals surface area contributed by atoms with Gasteiger partial charge in [0.2, 0.25) is 0 Å². The van der Waals surface area contributed by atoms with E-state index in [2.05, 4.69) is 0 Å². The zero-order valence-corrected chi connectivity index (χ0v) is 6.47. The predicted molar refractivity (Wildman–Crippen MR) is 39.9 cm³/mol. The minimum Gasteiger partial charge on any atom is -0.329 e. The van der Waals surface area contributed by atoms with Crippen LogP contribution in [-0.4, -0.2) is 43.4 Å². The molecule has 1 saturated heterocycles. The lowest BCUT2D eigenvalue weighted by Gasteiger charge is -2.30. The Labute approximate surface area is 65.4 Å². The fourth-order valence-corrected chi connectivity index (χ4v) is 1.32. The van der Waals surface area contributed by atoms with Crippen molar-refractivity contribution in [1.82, 2.24) is 4.90 Å². The number of piperidine rings is 1. The summed E-state index contributed by atoms with van der Waals surface area (Å²) in [7, 11) is 0. The van der Waals surface area contributed by atoms with E-state index in [0.717, 1.165) is 0 Å². The largest absolute Gasteiger partial charge is 0.329 e. The molecule has 0 spiro atoms. The normalized spacial score (nSPS) is 34.1. The van der Waals surface area contributed by atoms with E-state index in [1.165, 1.54) is 0 Å². The molecular weight excluding hydrogens is 150 g/mol. The van der Waals surface area contributed by atoms with E-state index >= 15 is 0 Å². The Balaban J connectivity index is 2.28. The standard InChI is InChI=1S/C7H14F2N2/c8-6-1-3-11(4-2-10)5-7(6)9/h6-7H,1-5,10H2. The van der Waals surface area contributed by atoms with Crippen LogP contribution >= 0.6 is 0 Å². The highest BCUT2D eigenvalue weighted by Crippen LogP contribution is 2.16. The van der Waals surface area contributed by atoms with Crippen LogP contribution in [0.2, 0.25) is 0 Å². The highest BCUT2D eigenvalue weighted by molar-refractivity contribution is 4.79. The summed E-state index contributed by atoms with van der Waals surface area (Å²) in [6.45, 7) is 2.04. The summed E-state index contributed by atoms with van der Waals surface area (Å²) >= 11 is 0. The third-order valence-electron chi connectivity index (χ3n) is 1.99. The molecule has 0 radical (unpaired) electrons. The molecule has 0 bridgehead atoms. The average molecular weight is 164 g/mol. The monoisotopic (exact) mass is 164 g/mol. The molecule has 1 aliphatic rings. The number of nitrogens with two attached hydrogens (primary N) is 1. The number of rotatable bonds is 2. The molecule has 0 aromatic rings. The lowest BCUT2D eigenvalue weighted by molar-refractivity contribution is 0.0611. The Hall–Kier alpha value is -0.220. The van der Waals surface area contributed by atoms with E-state index in [1.54, 1.807) is 0 Å². The van der Waals surface area contributed by atoms with Gasteiger partial charge in [0, 0.05) is 26.2 Å². The van der Waals surface area contributed by atoms with Gasteiger partial charge in [0.1, 0.15) is 12.3 Å². The lowest BCUT2D eigenvalue weighted by Crippen LogP contribution is -2.44. The van der Waals surface area contributed by atoms with Crippen molar-refractivity contribution in [3.8, 4) is 0 Å². The molecule has 0 aromatic heterocycles. The Bertz CT molecular complexity index is 121. The van der Waals surface area contributed by atoms with Crippen molar-refractivity contribution in [2.75, 3.05) is 26.2 Å². The molecule has 2 N–H and O–H groups in total. The molecule has 1 rings (SSSR count). The van der Waals surface area contributed by atoms with Crippen LogP contribution in [0, 0.1) is 0 Å². The fraction of sp³-hybridized carbons (Fsp3) is 1.00. The summed E-state index contributed by atoms with van der Waals surface area (Å²) in [5.74, 6) is 0. The highest BCUT2D eigenvalue weighted by atomic mass is 19.2. The van der Waals surface area contributed by atoms with Crippen LogP contribution in [0.25, 0.3) is 0 Å². The van der Waals surface area contributed by atoms with Gasteiger partial charge in [-0.3, -0.25) is 4.90 Å². The van der Waals surface area contributed by atoms with Crippen LogP contribution in [0.3, 0.4) is 0 Å². The van der Waals surface area contributed by atoms with Crippen molar-refractivity contribution in [2.24, 2.45) is 5.73 Å². The third-order valence-corrected chi connectivity index (χ3v) is 1.99. The molecule has 2 atom stereocenters. The van der Waals surface area contributed by atoms with Crippen molar-refractivity contribution in [1.29, 1.82) is 0 Å². The molecule has 0 amide bonds. The van der Waals surface area contributed by atoms with Crippen molar-refractivity contribution in [3.05, 3.63) is 0 Å². The first-order chi connectivity index (χ1) is 5.24. The van der Waals surface area contributed by atoms with Crippen LogP contribution in [0.1, 0.15) is 6.42 Å². The molecule has 1 heterocycles. The van der Waals surface area contributed by atoms with Crippen molar-refractivity contribution in [2.45, 2.75) is 18.8 Å². The van der Waals surface area contributed by atoms with E-state index < -0.39 is 12.3 Å². The third kappa shape index (κ3) is 2.38. The molecule has 2 nitrogen and oxygen atoms in total. The van der Waals surface area contributed by atoms with Crippen LogP contribution in [0.5, 0.6) is 0 Å². The van der Waals surface area contributed by atoms with Gasteiger partial charge >= 0.3 is 0 Å². The van der Waals surface area contributed by atoms with Gasteiger partial charge in [-0.1, -0.05) is 0 Å². The van der Waals surface area contributed by atoms with Crippen molar-refractivity contribution >= 4 is 0 Å². The number of nitrogens with zero attached hydrogens (tertiary/aromatic N) is 1. The Morgan fingerprint density at radius 3 is 2.64 bits per heavy atom. The summed E-state index contributed by atoms with van der Waals surface area (Å²) in [6.07, 6.45) is -2.26. The molecule has 0 aromatic carbocycles. The first-order valence-corrected chi connectivity index (χ1v) is 3.94. The number of alkyl halides is 2. The van der Waals surface area contributed by atoms with Gasteiger partial charge in [0.15, 0.2) is 0 Å². The van der Waals surface area contributed by atoms with Gasteiger partial charge in [-0.25, -0.2) is 8.78 Å². The smallest absolute Gasteiger partial charge is 0.144 e. The summed E-state index contributed by atoms with van der Waals surface area (Å²) in [4.78, 5) is 1.86. The maximum atomic E-state index is 12.7. The second-order valence-corrected chi connectivity index (χ2v) is 2.91. The topological polar surface area (TPSA) is 29.3 Å². The van der Waals surface area contributed by atoms with Gasteiger partial charge in [-0.2, -0.15) is 0 Å². The molecule has 4 heteroatoms. The molecule has 0 saturated carbocycles. The quantitative estimate of drug-likeness (QED) is 0.637. The van der Waals surface area contributed by atoms with Crippen LogP contribution in [-0.2, 0) is 0 Å². The molecule has 2 unspecified atom stereocenters. The van der Waals surface area contributed by atoms with Crippen LogP contribution in [0.15, 0.2) is 0 Å². The van der Waals surface area contributed by atoms with Crippen molar-refractivity contribution in [3.63, 3.8) is 0 Å². The molecular formula is C7H14F2N2. The van der Waals surface area contributed by atoms with Gasteiger partial charge in [-0.15, -0.1) is 0 Å². The molecule has 1 aliphatic heterocycles. The molecule has 66 valence electrons. The summed E-state index contributed by atoms with van der Waals surface area (Å²) in [5.41, 5.74) is 5.28. The number of hydrogen-bond acceptors (Lipinski definition) is 2. The SMILES string of the molecule is NCCN1CCC(F)C(F)C1. The second kappa shape index (κ2) is 3.97. The summed E-state index contributed by atoms with van der Waals surface area (Å²) in [6, 6.07) is 0. The minimum absolute atomic E-state index is 0.207. The summed E-state index contributed by atoms with van der Waals surface area (Å²) in [5, 5.41) is 0. The van der Waals surface area contributed by atoms with Crippen LogP contribution < -0.4 is 5.73 Å². The number of likely N-dealkylation sites (tertiary alicyclic amines) is 1. The zero-order chi connectivity index (χ0) is 8.27. The Kier molecular flexibility index (Phi) is 3.20. The predicted octanol–water partition coefficient (Wildman–Crippen LogP) is 0.327. The van der Waals surface area contributed by atoms with E-state index in [4.69, 9.17) is 5.73 Å². The van der Waals surface area contributed by atoms with Gasteiger partial charge in [0.05, 0.1) is 0 Å². The lowest BCUT2D eigenvalue weighted by atomic mass is 10.1. The van der Waals surface area contributed by atoms with E-state index in [-0.39, 0.29) is 6.54 Å². The van der Waals surface area contributed by atoms with Gasteiger partial charge in [-0.05, 0) is 6.42 Å². The fourth-order valence-electron chi connectivity index (χ4n) is 1.32. The van der Waals surface area contributed by atoms with Gasteiger partial charge < -0.3 is 5.73 Å². The second-order valence-electron chi connectivity index (χ2n) is 2.91. The molecule has 11 heavy (non-hydrogen) atoms. The first-order valence-electron chi connectivity index (χ1n) is 3.94. The first kappa shape index (κ1) is 8.87. The minimum atomic E-state index is -1.31. The number of halogens is 2. The molecule has 1 fully saturated rings. The maximum Gasteiger partial charge on any atom is 0.144 e. The van der Waals surface area contributed by atoms with Crippen molar-refractivity contribution < 1.29 is 8.78 Å². The Morgan fingerprint density at radius 2 is 2.09 bits per heavy atom. The Morgan fingerprint density at radius 1 is 1.36 bits per heavy atom. The average Bonchev–Trinajstić information content (AvgIpc) is 1.98. The van der Waals surface area contributed by atoms with E-state index in [1.807, 2.05) is 4.90 Å². The van der Waals surface area contributed by atoms with Gasteiger partial charge in [0.25, 0.3) is 0 Å². The van der Waals surface area contributed by atoms with E-state index in [0.29, 0.717) is 26.1 Å². The highest BCUT2D eigenvalue weighted by Gasteiger charge is 2.28. The van der Waals surface area contributed by atoms with E-state index in [9.17, 15) is 8.78 Å². The molecule has 0 aliphatic carbocycles. The van der Waals surface area contributed by atoms with Crippen LogP contribution in [0.4, 0.5) is 8.78 Å². The zero-order valence-electron chi connectivity index (χ0n) is 6.47. The number of hydrogen-bond donors (Lipinski definition) is 1. The maximum absolute atomic E-state index is 12.7.